The smallest absolute Gasteiger partial charge is 0.207 e. The minimum Gasteiger partial charge on any atom is -0.387 e. The molecule has 3 heterocycles. The van der Waals surface area contributed by atoms with Gasteiger partial charge >= 0.3 is 0 Å². The second kappa shape index (κ2) is 9.20. The van der Waals surface area contributed by atoms with E-state index in [0.717, 1.165) is 55.8 Å². The van der Waals surface area contributed by atoms with Crippen molar-refractivity contribution in [2.24, 2.45) is 0 Å². The molecule has 0 aliphatic carbocycles. The number of hydrogen-bond acceptors (Lipinski definition) is 4. The molecule has 0 saturated carbocycles. The number of nitrogens with zero attached hydrogens (tertiary/aromatic N) is 4. The minimum absolute atomic E-state index is 0.240. The highest BCUT2D eigenvalue weighted by atomic mass is 32.1. The lowest BCUT2D eigenvalue weighted by Gasteiger charge is -2.26. The normalized spacial score (nSPS) is 19.2. The van der Waals surface area contributed by atoms with Gasteiger partial charge < -0.3 is 10.0 Å². The van der Waals surface area contributed by atoms with Crippen LogP contribution in [0.3, 0.4) is 0 Å². The summed E-state index contributed by atoms with van der Waals surface area (Å²) in [7, 11) is 0. The van der Waals surface area contributed by atoms with Gasteiger partial charge in [0, 0.05) is 18.0 Å². The Kier molecular flexibility index (Phi) is 6.41. The largest absolute Gasteiger partial charge is 0.387 e. The van der Waals surface area contributed by atoms with Crippen molar-refractivity contribution in [1.82, 2.24) is 19.3 Å². The number of aliphatic hydroxyl groups is 1. The molecule has 3 aromatic rings. The molecule has 1 saturated heterocycles. The van der Waals surface area contributed by atoms with Crippen LogP contribution in [0.25, 0.3) is 17.1 Å². The third-order valence-corrected chi connectivity index (χ3v) is 6.31. The van der Waals surface area contributed by atoms with Gasteiger partial charge in [-0.2, -0.15) is 4.68 Å². The minimum atomic E-state index is -0.240. The Hall–Kier alpha value is -2.35. The Morgan fingerprint density at radius 1 is 1.17 bits per heavy atom. The number of nitrogens with one attached hydrogen (secondary N) is 1. The predicted octanol–water partition coefficient (Wildman–Crippen LogP) is 2.59. The van der Waals surface area contributed by atoms with E-state index in [1.54, 1.807) is 6.20 Å². The van der Waals surface area contributed by atoms with Crippen LogP contribution in [0.5, 0.6) is 0 Å². The molecule has 4 rings (SSSR count). The van der Waals surface area contributed by atoms with Crippen molar-refractivity contribution < 1.29 is 10.0 Å². The molecule has 1 unspecified atom stereocenters. The first-order valence-electron chi connectivity index (χ1n) is 10.8. The summed E-state index contributed by atoms with van der Waals surface area (Å²) in [6, 6.07) is 10.4. The van der Waals surface area contributed by atoms with E-state index in [0.29, 0.717) is 11.4 Å². The lowest BCUT2D eigenvalue weighted by molar-refractivity contribution is -0.931. The number of pyridine rings is 1. The Morgan fingerprint density at radius 3 is 2.57 bits per heavy atom. The van der Waals surface area contributed by atoms with Gasteiger partial charge in [0.05, 0.1) is 12.2 Å². The highest BCUT2D eigenvalue weighted by Crippen LogP contribution is 2.28. The molecule has 2 aromatic heterocycles. The predicted molar refractivity (Wildman–Crippen MR) is 120 cm³/mol. The summed E-state index contributed by atoms with van der Waals surface area (Å²) in [5, 5.41) is 15.0. The number of quaternary nitrogens is 1. The van der Waals surface area contributed by atoms with Crippen molar-refractivity contribution in [3.63, 3.8) is 0 Å². The fraction of sp³-hybridized carbons (Fsp3) is 0.435. The molecule has 1 fully saturated rings. The highest BCUT2D eigenvalue weighted by molar-refractivity contribution is 7.71. The van der Waals surface area contributed by atoms with Gasteiger partial charge in [0.25, 0.3) is 0 Å². The van der Waals surface area contributed by atoms with Gasteiger partial charge in [0.15, 0.2) is 12.5 Å². The number of aryl methyl sites for hydroxylation is 2. The van der Waals surface area contributed by atoms with Crippen LogP contribution in [0.4, 0.5) is 0 Å². The molecule has 0 spiro atoms. The number of rotatable bonds is 6. The number of likely N-dealkylation sites (tertiary alicyclic amines) is 1. The lowest BCUT2D eigenvalue weighted by atomic mass is 10.0. The van der Waals surface area contributed by atoms with Gasteiger partial charge in [-0.05, 0) is 61.2 Å². The van der Waals surface area contributed by atoms with Crippen LogP contribution in [-0.2, 0) is 19.5 Å². The van der Waals surface area contributed by atoms with E-state index in [1.807, 2.05) is 23.0 Å². The zero-order valence-corrected chi connectivity index (χ0v) is 18.5. The van der Waals surface area contributed by atoms with Gasteiger partial charge in [-0.1, -0.05) is 32.0 Å². The molecule has 1 aromatic carbocycles. The maximum atomic E-state index is 10.1. The quantitative estimate of drug-likeness (QED) is 0.597. The molecule has 7 heteroatoms. The number of aromatic nitrogens is 4. The fourth-order valence-corrected chi connectivity index (χ4v) is 4.66. The van der Waals surface area contributed by atoms with Crippen molar-refractivity contribution in [2.45, 2.75) is 52.3 Å². The molecular weight excluding hydrogens is 394 g/mol. The second-order valence-electron chi connectivity index (χ2n) is 7.97. The average molecular weight is 425 g/mol. The van der Waals surface area contributed by atoms with Crippen LogP contribution in [0, 0.1) is 4.77 Å². The zero-order valence-electron chi connectivity index (χ0n) is 17.7. The van der Waals surface area contributed by atoms with Crippen molar-refractivity contribution in [3.05, 3.63) is 58.6 Å². The molecule has 0 radical (unpaired) electrons. The van der Waals surface area contributed by atoms with Gasteiger partial charge in [-0.15, -0.1) is 5.10 Å². The van der Waals surface area contributed by atoms with Crippen molar-refractivity contribution in [1.29, 1.82) is 0 Å². The summed E-state index contributed by atoms with van der Waals surface area (Å²) in [5.41, 5.74) is 4.61. The summed E-state index contributed by atoms with van der Waals surface area (Å²) >= 11 is 5.97. The van der Waals surface area contributed by atoms with Crippen molar-refractivity contribution in [3.8, 4) is 17.1 Å². The summed E-state index contributed by atoms with van der Waals surface area (Å²) in [5.74, 6) is 0.820. The second-order valence-corrected chi connectivity index (χ2v) is 8.34. The number of para-hydroxylation sites is 1. The molecule has 2 N–H and O–H groups in total. The molecule has 1 aliphatic heterocycles. The van der Waals surface area contributed by atoms with E-state index in [1.165, 1.54) is 16.0 Å². The molecule has 2 atom stereocenters. The third kappa shape index (κ3) is 4.10. The van der Waals surface area contributed by atoms with Crippen LogP contribution in [-0.4, -0.2) is 43.6 Å². The number of hydrogen-bond donors (Lipinski definition) is 2. The molecule has 6 nitrogen and oxygen atoms in total. The van der Waals surface area contributed by atoms with Gasteiger partial charge in [0.1, 0.15) is 12.6 Å². The summed E-state index contributed by atoms with van der Waals surface area (Å²) < 4.78 is 4.75. The Balaban J connectivity index is 1.88. The summed E-state index contributed by atoms with van der Waals surface area (Å²) in [6.45, 7) is 6.78. The van der Waals surface area contributed by atoms with E-state index in [-0.39, 0.29) is 6.10 Å². The van der Waals surface area contributed by atoms with Crippen LogP contribution in [0.1, 0.15) is 37.8 Å². The highest BCUT2D eigenvalue weighted by Gasteiger charge is 2.24. The van der Waals surface area contributed by atoms with Gasteiger partial charge in [-0.25, -0.2) is 0 Å². The summed E-state index contributed by atoms with van der Waals surface area (Å²) in [6.07, 6.45) is 7.13. The van der Waals surface area contributed by atoms with E-state index in [9.17, 15) is 5.11 Å². The number of aliphatic hydroxyl groups excluding tert-OH is 1. The maximum Gasteiger partial charge on any atom is 0.207 e. The molecule has 30 heavy (non-hydrogen) atoms. The fourth-order valence-electron chi connectivity index (χ4n) is 4.38. The third-order valence-electron chi connectivity index (χ3n) is 5.91. The van der Waals surface area contributed by atoms with Crippen molar-refractivity contribution >= 4 is 12.2 Å². The van der Waals surface area contributed by atoms with Crippen molar-refractivity contribution in [2.75, 3.05) is 13.1 Å². The zero-order chi connectivity index (χ0) is 21.1. The average Bonchev–Trinajstić information content (AvgIpc) is 3.09. The van der Waals surface area contributed by atoms with Crippen LogP contribution in [0.15, 0.2) is 42.7 Å². The maximum absolute atomic E-state index is 10.1. The molecule has 1 aliphatic rings. The first kappa shape index (κ1) is 20.9. The van der Waals surface area contributed by atoms with Crippen LogP contribution >= 0.6 is 12.2 Å². The van der Waals surface area contributed by atoms with E-state index < -0.39 is 0 Å². The monoisotopic (exact) mass is 424 g/mol. The van der Waals surface area contributed by atoms with E-state index in [2.05, 4.69) is 41.6 Å². The number of benzene rings is 1. The topological polar surface area (TPSA) is 60.3 Å². The molecular formula is C23H30N5OS+. The Labute approximate surface area is 182 Å². The van der Waals surface area contributed by atoms with Gasteiger partial charge in [0.2, 0.25) is 4.77 Å². The molecule has 0 amide bonds. The summed E-state index contributed by atoms with van der Waals surface area (Å²) in [4.78, 5) is 5.62. The SMILES string of the molecule is CCc1cccc(CC)c1-n1c(-c2cccnc2)nn(C[NH+]2CCC[C@@H](O)C2)c1=S. The van der Waals surface area contributed by atoms with Gasteiger partial charge in [-0.3, -0.25) is 9.55 Å². The number of piperidine rings is 1. The van der Waals surface area contributed by atoms with E-state index in [4.69, 9.17) is 17.3 Å². The standard InChI is InChI=1S/C23H29N5OS/c1-3-17-8-5-9-18(4-2)21(17)28-22(19-10-6-12-24-14-19)25-27(23(28)30)16-26-13-7-11-20(29)15-26/h5-6,8-10,12,14,20,29H,3-4,7,11,13,15-16H2,1-2H3/p+1/t20-/m1/s1. The molecule has 0 bridgehead atoms. The lowest BCUT2D eigenvalue weighted by Crippen LogP contribution is -3.13. The van der Waals surface area contributed by atoms with E-state index >= 15 is 0 Å². The molecule has 158 valence electrons. The first-order chi connectivity index (χ1) is 14.6. The van der Waals surface area contributed by atoms with Crippen LogP contribution < -0.4 is 4.90 Å². The first-order valence-corrected chi connectivity index (χ1v) is 11.3. The Morgan fingerprint density at radius 2 is 1.93 bits per heavy atom. The Bertz CT molecular complexity index is 1040. The van der Waals surface area contributed by atoms with Crippen LogP contribution in [0.2, 0.25) is 0 Å².